The lowest BCUT2D eigenvalue weighted by Gasteiger charge is -2.35. The van der Waals surface area contributed by atoms with Gasteiger partial charge in [0.25, 0.3) is 0 Å². The molecule has 1 fully saturated rings. The van der Waals surface area contributed by atoms with E-state index in [9.17, 15) is 17.2 Å². The number of alkyl halides is 2. The molecular weight excluding hydrogens is 550 g/mol. The normalized spacial score (nSPS) is 19.1. The summed E-state index contributed by atoms with van der Waals surface area (Å²) in [5.74, 6) is -1.84. The third-order valence-electron chi connectivity index (χ3n) is 6.33. The van der Waals surface area contributed by atoms with Gasteiger partial charge in [-0.1, -0.05) is 11.6 Å². The summed E-state index contributed by atoms with van der Waals surface area (Å²) in [6.45, 7) is 1.39. The molecule has 0 aliphatic heterocycles. The first-order valence-electron chi connectivity index (χ1n) is 11.3. The Balaban J connectivity index is 1.79. The van der Waals surface area contributed by atoms with E-state index in [2.05, 4.69) is 34.9 Å². The van der Waals surface area contributed by atoms with Crippen molar-refractivity contribution in [2.75, 3.05) is 26.1 Å². The molecule has 13 nitrogen and oxygen atoms in total. The molecule has 0 saturated heterocycles. The molecule has 1 aliphatic rings. The van der Waals surface area contributed by atoms with Crippen LogP contribution in [0.4, 0.5) is 14.7 Å². The highest BCUT2D eigenvalue weighted by atomic mass is 35.5. The van der Waals surface area contributed by atoms with E-state index >= 15 is 0 Å². The standard InChI is InChI=1S/C21H25ClF2N8O5S/c1-10(15(35-2)17-25-7-11(22)8-26-17)38(33,34)31-21-30-29-18(13-6-5-12(13)16(23)24)32(21)14-19(36-3)27-9-28-20(14)37-4/h7-10,12-13,15-16H,5-6H2,1-4H3,(H,30,31)/t10-,12-,13-,15-/m0/s1. The van der Waals surface area contributed by atoms with Gasteiger partial charge < -0.3 is 14.2 Å². The summed E-state index contributed by atoms with van der Waals surface area (Å²) < 4.78 is 74.0. The molecule has 0 aromatic carbocycles. The Morgan fingerprint density at radius 2 is 1.68 bits per heavy atom. The van der Waals surface area contributed by atoms with Gasteiger partial charge in [-0.2, -0.15) is 9.97 Å². The maximum atomic E-state index is 13.7. The topological polar surface area (TPSA) is 156 Å². The van der Waals surface area contributed by atoms with Gasteiger partial charge in [0.2, 0.25) is 34.2 Å². The number of sulfonamides is 1. The minimum Gasteiger partial charge on any atom is -0.479 e. The quantitative estimate of drug-likeness (QED) is 0.359. The third-order valence-corrected chi connectivity index (χ3v) is 8.22. The van der Waals surface area contributed by atoms with Crippen LogP contribution in [0.15, 0.2) is 18.7 Å². The van der Waals surface area contributed by atoms with Gasteiger partial charge in [0, 0.05) is 31.3 Å². The Bertz CT molecular complexity index is 1360. The zero-order valence-electron chi connectivity index (χ0n) is 20.7. The maximum Gasteiger partial charge on any atom is 0.245 e. The van der Waals surface area contributed by atoms with Gasteiger partial charge in [0.1, 0.15) is 23.5 Å². The first-order chi connectivity index (χ1) is 18.1. The molecule has 0 amide bonds. The van der Waals surface area contributed by atoms with Gasteiger partial charge >= 0.3 is 0 Å². The minimum atomic E-state index is -4.27. The molecule has 0 spiro atoms. The Kier molecular flexibility index (Phi) is 8.22. The second kappa shape index (κ2) is 11.2. The smallest absolute Gasteiger partial charge is 0.245 e. The number of nitrogens with one attached hydrogen (secondary N) is 1. The van der Waals surface area contributed by atoms with Gasteiger partial charge in [-0.15, -0.1) is 10.2 Å². The predicted molar refractivity (Wildman–Crippen MR) is 130 cm³/mol. The van der Waals surface area contributed by atoms with Crippen molar-refractivity contribution in [3.8, 4) is 17.4 Å². The molecule has 3 aromatic heterocycles. The summed E-state index contributed by atoms with van der Waals surface area (Å²) in [4.78, 5) is 16.2. The molecule has 38 heavy (non-hydrogen) atoms. The lowest BCUT2D eigenvalue weighted by Crippen LogP contribution is -2.34. The van der Waals surface area contributed by atoms with Crippen molar-refractivity contribution in [1.82, 2.24) is 34.7 Å². The van der Waals surface area contributed by atoms with Crippen molar-refractivity contribution < 1.29 is 31.4 Å². The van der Waals surface area contributed by atoms with Crippen LogP contribution in [0.5, 0.6) is 11.8 Å². The SMILES string of the molecule is COc1ncnc(OC)c1-n1c(NS(=O)(=O)[C@@H](C)[C@H](OC)c2ncc(Cl)cn2)nnc1[C@H]1CC[C@@H]1C(F)F. The van der Waals surface area contributed by atoms with Crippen LogP contribution in [0.1, 0.15) is 43.4 Å². The summed E-state index contributed by atoms with van der Waals surface area (Å²) in [6, 6.07) is 0. The summed E-state index contributed by atoms with van der Waals surface area (Å²) >= 11 is 5.84. The second-order valence-electron chi connectivity index (χ2n) is 8.41. The highest BCUT2D eigenvalue weighted by molar-refractivity contribution is 7.93. The van der Waals surface area contributed by atoms with Crippen molar-refractivity contribution in [2.45, 2.75) is 43.5 Å². The molecule has 1 saturated carbocycles. The van der Waals surface area contributed by atoms with Gasteiger partial charge in [-0.25, -0.2) is 27.2 Å². The van der Waals surface area contributed by atoms with Crippen LogP contribution in [0.25, 0.3) is 5.69 Å². The number of hydrogen-bond acceptors (Lipinski definition) is 11. The summed E-state index contributed by atoms with van der Waals surface area (Å²) in [6.07, 6.45) is 0.807. The van der Waals surface area contributed by atoms with Gasteiger partial charge in [0.15, 0.2) is 11.5 Å². The Morgan fingerprint density at radius 1 is 1.05 bits per heavy atom. The van der Waals surface area contributed by atoms with E-state index < -0.39 is 39.6 Å². The zero-order chi connectivity index (χ0) is 27.6. The number of methoxy groups -OCH3 is 3. The average molecular weight is 575 g/mol. The third kappa shape index (κ3) is 5.19. The van der Waals surface area contributed by atoms with E-state index in [0.717, 1.165) is 0 Å². The van der Waals surface area contributed by atoms with Crippen LogP contribution in [0.2, 0.25) is 5.02 Å². The van der Waals surface area contributed by atoms with E-state index in [4.69, 9.17) is 25.8 Å². The van der Waals surface area contributed by atoms with Crippen molar-refractivity contribution in [3.05, 3.63) is 35.4 Å². The fraction of sp³-hybridized carbons (Fsp3) is 0.524. The number of halogens is 3. The average Bonchev–Trinajstić information content (AvgIpc) is 3.25. The van der Waals surface area contributed by atoms with Gasteiger partial charge in [-0.3, -0.25) is 9.29 Å². The lowest BCUT2D eigenvalue weighted by atomic mass is 9.73. The van der Waals surface area contributed by atoms with Crippen LogP contribution < -0.4 is 14.2 Å². The number of nitrogens with zero attached hydrogens (tertiary/aromatic N) is 7. The fourth-order valence-electron chi connectivity index (χ4n) is 4.17. The number of aromatic nitrogens is 7. The minimum absolute atomic E-state index is 0.0105. The zero-order valence-corrected chi connectivity index (χ0v) is 22.3. The lowest BCUT2D eigenvalue weighted by molar-refractivity contribution is 0.0139. The van der Waals surface area contributed by atoms with Crippen LogP contribution in [0.3, 0.4) is 0 Å². The first-order valence-corrected chi connectivity index (χ1v) is 13.2. The van der Waals surface area contributed by atoms with Crippen molar-refractivity contribution >= 4 is 27.6 Å². The Morgan fingerprint density at radius 3 is 2.18 bits per heavy atom. The molecular formula is C21H25ClF2N8O5S. The number of rotatable bonds is 11. The molecule has 3 heterocycles. The van der Waals surface area contributed by atoms with E-state index in [-0.39, 0.29) is 46.5 Å². The summed E-state index contributed by atoms with van der Waals surface area (Å²) in [7, 11) is -0.282. The number of anilines is 1. The van der Waals surface area contributed by atoms with E-state index in [1.54, 1.807) is 0 Å². The largest absolute Gasteiger partial charge is 0.479 e. The molecule has 206 valence electrons. The van der Waals surface area contributed by atoms with Gasteiger partial charge in [0.05, 0.1) is 19.2 Å². The number of ether oxygens (including phenoxy) is 3. The molecule has 0 radical (unpaired) electrons. The second-order valence-corrected chi connectivity index (χ2v) is 10.9. The van der Waals surface area contributed by atoms with Crippen LogP contribution in [-0.2, 0) is 14.8 Å². The molecule has 1 N–H and O–H groups in total. The molecule has 4 rings (SSSR count). The molecule has 17 heteroatoms. The number of hydrogen-bond donors (Lipinski definition) is 1. The van der Waals surface area contributed by atoms with Crippen LogP contribution in [-0.4, -0.2) is 76.1 Å². The van der Waals surface area contributed by atoms with Crippen molar-refractivity contribution in [2.24, 2.45) is 5.92 Å². The fourth-order valence-corrected chi connectivity index (χ4v) is 5.40. The molecule has 4 atom stereocenters. The summed E-state index contributed by atoms with van der Waals surface area (Å²) in [5, 5.41) is 7.12. The van der Waals surface area contributed by atoms with Gasteiger partial charge in [-0.05, 0) is 19.8 Å². The monoisotopic (exact) mass is 574 g/mol. The van der Waals surface area contributed by atoms with E-state index in [1.165, 1.54) is 51.5 Å². The van der Waals surface area contributed by atoms with E-state index in [1.807, 2.05) is 0 Å². The van der Waals surface area contributed by atoms with Crippen LogP contribution in [0, 0.1) is 5.92 Å². The van der Waals surface area contributed by atoms with E-state index in [0.29, 0.717) is 6.42 Å². The molecule has 0 unspecified atom stereocenters. The predicted octanol–water partition coefficient (Wildman–Crippen LogP) is 2.79. The molecule has 1 aliphatic carbocycles. The molecule has 0 bridgehead atoms. The van der Waals surface area contributed by atoms with Crippen molar-refractivity contribution in [1.29, 1.82) is 0 Å². The first kappa shape index (κ1) is 27.8. The highest BCUT2D eigenvalue weighted by Crippen LogP contribution is 2.47. The van der Waals surface area contributed by atoms with Crippen molar-refractivity contribution in [3.63, 3.8) is 0 Å². The Hall–Kier alpha value is -3.24. The maximum absolute atomic E-state index is 13.7. The summed E-state index contributed by atoms with van der Waals surface area (Å²) in [5.41, 5.74) is 0.0482. The van der Waals surface area contributed by atoms with Crippen LogP contribution >= 0.6 is 11.6 Å². The highest BCUT2D eigenvalue weighted by Gasteiger charge is 2.43. The Labute approximate surface area is 222 Å². The molecule has 3 aromatic rings.